The lowest BCUT2D eigenvalue weighted by atomic mass is 9.99. The van der Waals surface area contributed by atoms with Crippen molar-refractivity contribution < 1.29 is 77.0 Å². The highest BCUT2D eigenvalue weighted by molar-refractivity contribution is 7.82. The Morgan fingerprint density at radius 1 is 0.636 bits per heavy atom. The molecule has 0 spiro atoms. The van der Waals surface area contributed by atoms with Crippen molar-refractivity contribution in [2.24, 2.45) is 23.6 Å². The van der Waals surface area contributed by atoms with E-state index in [1.165, 1.54) is 0 Å². The predicted octanol–water partition coefficient (Wildman–Crippen LogP) is -5.93. The first-order valence-corrected chi connectivity index (χ1v) is 12.8. The highest BCUT2D eigenvalue weighted by atomic mass is 32.3. The van der Waals surface area contributed by atoms with Crippen LogP contribution in [0.4, 0.5) is 0 Å². The van der Waals surface area contributed by atoms with E-state index in [4.69, 9.17) is 9.47 Å². The van der Waals surface area contributed by atoms with Gasteiger partial charge < -0.3 is 9.47 Å². The van der Waals surface area contributed by atoms with Crippen LogP contribution in [0, 0.1) is 0 Å². The lowest BCUT2D eigenvalue weighted by Crippen LogP contribution is -2.63. The molecule has 1 aliphatic rings. The third kappa shape index (κ3) is 9.08. The molecule has 8 N–H and O–H groups in total. The maximum Gasteiger partial charge on any atom is 0.416 e. The van der Waals surface area contributed by atoms with Crippen LogP contribution in [0.5, 0.6) is 0 Å². The predicted molar refractivity (Wildman–Crippen MR) is 93.0 cm³/mol. The summed E-state index contributed by atoms with van der Waals surface area (Å²) in [7, 11) is -19.6. The number of methoxy groups -OCH3 is 1. The van der Waals surface area contributed by atoms with Gasteiger partial charge in [-0.2, -0.15) is 74.4 Å². The molecule has 0 aromatic heterocycles. The molecule has 0 aliphatic carbocycles. The van der Waals surface area contributed by atoms with E-state index in [9.17, 15) is 33.7 Å². The third-order valence-corrected chi connectivity index (χ3v) is 6.10. The maximum atomic E-state index is 11.8. The van der Waals surface area contributed by atoms with Crippen LogP contribution < -0.4 is 23.6 Å². The summed E-state index contributed by atoms with van der Waals surface area (Å²) in [5, 5.41) is 0. The van der Waals surface area contributed by atoms with E-state index in [0.29, 0.717) is 0 Å². The molecule has 1 fully saturated rings. The van der Waals surface area contributed by atoms with Crippen molar-refractivity contribution in [3.05, 3.63) is 0 Å². The molecule has 0 saturated carbocycles. The summed E-state index contributed by atoms with van der Waals surface area (Å²) in [4.78, 5) is 0. The smallest absolute Gasteiger partial charge is 0.353 e. The topological polar surface area (TPSA) is 333 Å². The molecule has 5 atom stereocenters. The second kappa shape index (κ2) is 11.8. The van der Waals surface area contributed by atoms with Gasteiger partial charge in [-0.1, -0.05) is 0 Å². The van der Waals surface area contributed by atoms with E-state index in [2.05, 4.69) is 57.5 Å². The van der Waals surface area contributed by atoms with E-state index in [-0.39, 0.29) is 0 Å². The highest BCUT2D eigenvalue weighted by Gasteiger charge is 2.54. The Bertz CT molecular complexity index is 1060. The van der Waals surface area contributed by atoms with Gasteiger partial charge in [-0.3, -0.25) is 0 Å². The number of ether oxygens (including phenoxy) is 2. The summed E-state index contributed by atoms with van der Waals surface area (Å²) in [6.45, 7) is -1.24. The normalized spacial score (nSPS) is 27.5. The molecular formula is C7H18N4O18S4. The number of rotatable bonds is 14. The van der Waals surface area contributed by atoms with Gasteiger partial charge in [-0.25, -0.2) is 16.7 Å². The minimum atomic E-state index is -5.24. The summed E-state index contributed by atoms with van der Waals surface area (Å²) >= 11 is 0. The van der Waals surface area contributed by atoms with Gasteiger partial charge in [0.05, 0.1) is 6.61 Å². The number of hydrogen-bond acceptors (Lipinski definition) is 22. The van der Waals surface area contributed by atoms with Gasteiger partial charge in [0.25, 0.3) is 0 Å². The zero-order valence-electron chi connectivity index (χ0n) is 15.9. The van der Waals surface area contributed by atoms with Gasteiger partial charge in [-0.15, -0.1) is 0 Å². The quantitative estimate of drug-likeness (QED) is 0.140. The van der Waals surface area contributed by atoms with Crippen molar-refractivity contribution in [1.29, 1.82) is 0 Å². The van der Waals surface area contributed by atoms with Crippen LogP contribution in [-0.2, 0) is 84.9 Å². The van der Waals surface area contributed by atoms with Crippen molar-refractivity contribution in [3.63, 3.8) is 0 Å². The fourth-order valence-electron chi connectivity index (χ4n) is 2.19. The van der Waals surface area contributed by atoms with Crippen molar-refractivity contribution >= 4 is 41.6 Å². The molecule has 1 rings (SSSR count). The van der Waals surface area contributed by atoms with Crippen LogP contribution in [0.3, 0.4) is 0 Å². The lowest BCUT2D eigenvalue weighted by Gasteiger charge is -2.42. The van der Waals surface area contributed by atoms with Crippen molar-refractivity contribution in [1.82, 2.24) is 0 Å². The minimum absolute atomic E-state index is 0.862. The summed E-state index contributed by atoms with van der Waals surface area (Å²) in [6.07, 6.45) is -11.2. The van der Waals surface area contributed by atoms with Crippen LogP contribution >= 0.6 is 0 Å². The van der Waals surface area contributed by atoms with Crippen LogP contribution in [-0.4, -0.2) is 78.1 Å². The van der Waals surface area contributed by atoms with Crippen LogP contribution in [0.15, 0.2) is 0 Å². The lowest BCUT2D eigenvalue weighted by molar-refractivity contribution is -0.279. The molecule has 1 aliphatic heterocycles. The average Bonchev–Trinajstić information content (AvgIpc) is 2.75. The fourth-order valence-corrected chi connectivity index (χ4v) is 4.15. The monoisotopic (exact) mass is 574 g/mol. The third-order valence-electron chi connectivity index (χ3n) is 3.36. The van der Waals surface area contributed by atoms with Gasteiger partial charge in [0.2, 0.25) is 0 Å². The summed E-state index contributed by atoms with van der Waals surface area (Å²) in [5.41, 5.74) is 0. The number of nitrogens with two attached hydrogens (primary N) is 4. The molecule has 0 bridgehead atoms. The Kier molecular flexibility index (Phi) is 10.8. The fraction of sp³-hybridized carbons (Fsp3) is 1.00. The first-order chi connectivity index (χ1) is 15.1. The van der Waals surface area contributed by atoms with E-state index >= 15 is 0 Å². The largest absolute Gasteiger partial charge is 0.416 e. The van der Waals surface area contributed by atoms with Gasteiger partial charge in [0.1, 0.15) is 18.3 Å². The van der Waals surface area contributed by atoms with E-state index in [1.807, 2.05) is 0 Å². The summed E-state index contributed by atoms with van der Waals surface area (Å²) in [5.74, 6) is 18.1. The summed E-state index contributed by atoms with van der Waals surface area (Å²) in [6, 6.07) is 0. The maximum absolute atomic E-state index is 11.8. The van der Waals surface area contributed by atoms with Crippen molar-refractivity contribution in [3.8, 4) is 0 Å². The van der Waals surface area contributed by atoms with E-state index in [1.54, 1.807) is 0 Å². The summed E-state index contributed by atoms with van der Waals surface area (Å²) < 4.78 is 135. The zero-order valence-corrected chi connectivity index (χ0v) is 19.2. The molecule has 0 unspecified atom stereocenters. The van der Waals surface area contributed by atoms with Gasteiger partial charge in [-0.05, 0) is 0 Å². The van der Waals surface area contributed by atoms with Crippen molar-refractivity contribution in [2.45, 2.75) is 30.7 Å². The van der Waals surface area contributed by atoms with E-state index in [0.717, 1.165) is 7.11 Å². The van der Waals surface area contributed by atoms with Crippen LogP contribution in [0.1, 0.15) is 0 Å². The van der Waals surface area contributed by atoms with Gasteiger partial charge in [0, 0.05) is 7.11 Å². The Hall–Kier alpha value is -0.760. The molecule has 22 nitrogen and oxygen atoms in total. The first-order valence-electron chi connectivity index (χ1n) is 7.46. The molecule has 33 heavy (non-hydrogen) atoms. The van der Waals surface area contributed by atoms with Gasteiger partial charge in [0.15, 0.2) is 12.4 Å². The number of hydrogen-bond donors (Lipinski definition) is 4. The standard InChI is InChI=1S/C7H18N4O18S4/c1-20-7-6(25-33(18,19)29-11)5(24-32(16,17)28-10)4(23-31(14,15)27-9)3(22-7)2-21-30(12,13)26-8/h3-7H,2,8-11H2,1H3/t3-,4-,5+,6-,7-/m1/s1. The molecule has 26 heteroatoms. The molecule has 0 radical (unpaired) electrons. The van der Waals surface area contributed by atoms with Crippen LogP contribution in [0.2, 0.25) is 0 Å². The molecular weight excluding hydrogens is 556 g/mol. The second-order valence-electron chi connectivity index (χ2n) is 5.26. The molecule has 0 amide bonds. The molecule has 1 saturated heterocycles. The minimum Gasteiger partial charge on any atom is -0.353 e. The second-order valence-corrected chi connectivity index (χ2v) is 10.1. The molecule has 0 aromatic carbocycles. The molecule has 198 valence electrons. The Labute approximate surface area is 186 Å². The average molecular weight is 574 g/mol. The van der Waals surface area contributed by atoms with Gasteiger partial charge >= 0.3 is 41.6 Å². The Morgan fingerprint density at radius 2 is 1.03 bits per heavy atom. The first kappa shape index (κ1) is 30.3. The Balaban J connectivity index is 3.59. The SMILES string of the molecule is CO[C@@H]1O[C@H](COS(=O)(=O)ON)[C@@H](OS(=O)(=O)ON)[C@H](OS(=O)(=O)ON)[C@H]1OS(=O)(=O)ON. The highest BCUT2D eigenvalue weighted by Crippen LogP contribution is 2.32. The van der Waals surface area contributed by atoms with Crippen molar-refractivity contribution in [2.75, 3.05) is 13.7 Å². The Morgan fingerprint density at radius 3 is 1.42 bits per heavy atom. The zero-order chi connectivity index (χ0) is 25.7. The molecule has 0 aromatic rings. The molecule has 1 heterocycles. The van der Waals surface area contributed by atoms with E-state index < -0.39 is 78.9 Å². The van der Waals surface area contributed by atoms with Crippen LogP contribution in [0.25, 0.3) is 0 Å².